The van der Waals surface area contributed by atoms with E-state index in [1.54, 1.807) is 13.0 Å². The third kappa shape index (κ3) is 3.39. The average molecular weight is 365 g/mol. The molecule has 140 valence electrons. The van der Waals surface area contributed by atoms with Gasteiger partial charge in [0.25, 0.3) is 0 Å². The highest BCUT2D eigenvalue weighted by Crippen LogP contribution is 2.32. The summed E-state index contributed by atoms with van der Waals surface area (Å²) in [5.41, 5.74) is 7.86. The third-order valence-electron chi connectivity index (χ3n) is 5.07. The van der Waals surface area contributed by atoms with E-state index >= 15 is 0 Å². The predicted octanol–water partition coefficient (Wildman–Crippen LogP) is 4.50. The van der Waals surface area contributed by atoms with Gasteiger partial charge < -0.3 is 4.74 Å². The summed E-state index contributed by atoms with van der Waals surface area (Å²) >= 11 is 0. The van der Waals surface area contributed by atoms with Crippen LogP contribution in [0.2, 0.25) is 0 Å². The van der Waals surface area contributed by atoms with Crippen LogP contribution >= 0.6 is 0 Å². The highest BCUT2D eigenvalue weighted by Gasteiger charge is 2.25. The van der Waals surface area contributed by atoms with Crippen molar-refractivity contribution in [2.45, 2.75) is 46.6 Å². The lowest BCUT2D eigenvalue weighted by molar-refractivity contribution is 0.0735. The fourth-order valence-electron chi connectivity index (χ4n) is 3.83. The molecular weight excluding hydrogens is 341 g/mol. The Morgan fingerprint density at radius 2 is 1.85 bits per heavy atom. The Morgan fingerprint density at radius 1 is 1.11 bits per heavy atom. The van der Waals surface area contributed by atoms with Gasteiger partial charge in [-0.25, -0.2) is 9.07 Å². The molecule has 0 bridgehead atoms. The zero-order valence-electron chi connectivity index (χ0n) is 16.2. The van der Waals surface area contributed by atoms with Crippen LogP contribution in [0.15, 0.2) is 30.3 Å². The lowest BCUT2D eigenvalue weighted by Gasteiger charge is -2.12. The summed E-state index contributed by atoms with van der Waals surface area (Å²) in [5.74, 6) is -0.200. The molecule has 1 aliphatic heterocycles. The molecule has 0 aliphatic carbocycles. The molecule has 2 aromatic heterocycles. The quantitative estimate of drug-likeness (QED) is 0.671. The molecule has 0 N–H and O–H groups in total. The van der Waals surface area contributed by atoms with Crippen LogP contribution in [0.5, 0.6) is 0 Å². The van der Waals surface area contributed by atoms with Crippen LogP contribution in [0.4, 0.5) is 4.39 Å². The number of rotatable bonds is 2. The maximum Gasteiger partial charge on any atom is 0.126 e. The molecule has 0 fully saturated rings. The number of nitrogens with zero attached hydrogens (tertiary/aromatic N) is 3. The standard InChI is InChI=1S/C22H24FN3O/c1-13-9-18(5-6-20(13)23)26-21-12-16(4)27-8-7-19(21)22(25-26)17-10-14(2)24-15(3)11-17/h5-6,9-11,16H,7-8,12H2,1-4H3/t16-/m1/s1. The number of hydrogen-bond donors (Lipinski definition) is 0. The van der Waals surface area contributed by atoms with Gasteiger partial charge in [0.15, 0.2) is 0 Å². The van der Waals surface area contributed by atoms with Crippen molar-refractivity contribution in [3.05, 3.63) is 64.4 Å². The Balaban J connectivity index is 1.94. The van der Waals surface area contributed by atoms with E-state index in [1.807, 2.05) is 24.6 Å². The molecule has 0 radical (unpaired) electrons. The van der Waals surface area contributed by atoms with Gasteiger partial charge in [-0.2, -0.15) is 5.10 Å². The van der Waals surface area contributed by atoms with Gasteiger partial charge in [-0.15, -0.1) is 0 Å². The van der Waals surface area contributed by atoms with E-state index in [0.29, 0.717) is 12.2 Å². The van der Waals surface area contributed by atoms with Crippen molar-refractivity contribution < 1.29 is 9.13 Å². The maximum atomic E-state index is 13.8. The first kappa shape index (κ1) is 17.9. The summed E-state index contributed by atoms with van der Waals surface area (Å²) in [5, 5.41) is 4.97. The minimum atomic E-state index is -0.200. The number of benzene rings is 1. The van der Waals surface area contributed by atoms with Gasteiger partial charge in [-0.1, -0.05) is 0 Å². The molecule has 1 aromatic carbocycles. The van der Waals surface area contributed by atoms with E-state index in [-0.39, 0.29) is 11.9 Å². The molecule has 0 unspecified atom stereocenters. The summed E-state index contributed by atoms with van der Waals surface area (Å²) in [7, 11) is 0. The first-order chi connectivity index (χ1) is 12.9. The van der Waals surface area contributed by atoms with Crippen LogP contribution in [-0.4, -0.2) is 27.5 Å². The van der Waals surface area contributed by atoms with E-state index in [9.17, 15) is 4.39 Å². The molecule has 0 saturated carbocycles. The maximum absolute atomic E-state index is 13.8. The molecule has 1 aliphatic rings. The SMILES string of the molecule is Cc1cc(-c2nn(-c3ccc(F)c(C)c3)c3c2CCO[C@H](C)C3)cc(C)n1. The Labute approximate surface area is 159 Å². The van der Waals surface area contributed by atoms with Crippen LogP contribution in [0.3, 0.4) is 0 Å². The zero-order valence-corrected chi connectivity index (χ0v) is 16.2. The number of aromatic nitrogens is 3. The minimum absolute atomic E-state index is 0.122. The van der Waals surface area contributed by atoms with Crippen molar-refractivity contribution in [1.29, 1.82) is 0 Å². The van der Waals surface area contributed by atoms with Gasteiger partial charge in [0, 0.05) is 28.9 Å². The van der Waals surface area contributed by atoms with Gasteiger partial charge in [0.1, 0.15) is 5.82 Å². The normalized spacial score (nSPS) is 16.9. The van der Waals surface area contributed by atoms with Gasteiger partial charge in [-0.05, 0) is 70.0 Å². The fraction of sp³-hybridized carbons (Fsp3) is 0.364. The van der Waals surface area contributed by atoms with E-state index < -0.39 is 0 Å². The molecule has 0 spiro atoms. The average Bonchev–Trinajstić information content (AvgIpc) is 2.83. The smallest absolute Gasteiger partial charge is 0.126 e. The highest BCUT2D eigenvalue weighted by molar-refractivity contribution is 5.66. The van der Waals surface area contributed by atoms with Crippen molar-refractivity contribution in [3.8, 4) is 16.9 Å². The predicted molar refractivity (Wildman–Crippen MR) is 104 cm³/mol. The summed E-state index contributed by atoms with van der Waals surface area (Å²) < 4.78 is 21.7. The molecule has 0 saturated heterocycles. The molecule has 3 aromatic rings. The topological polar surface area (TPSA) is 39.9 Å². The van der Waals surface area contributed by atoms with Crippen LogP contribution < -0.4 is 0 Å². The van der Waals surface area contributed by atoms with E-state index in [4.69, 9.17) is 9.84 Å². The van der Waals surface area contributed by atoms with Crippen LogP contribution in [-0.2, 0) is 17.6 Å². The zero-order chi connectivity index (χ0) is 19.1. The molecule has 0 amide bonds. The Hall–Kier alpha value is -2.53. The largest absolute Gasteiger partial charge is 0.378 e. The number of fused-ring (bicyclic) bond motifs is 1. The number of hydrogen-bond acceptors (Lipinski definition) is 3. The Morgan fingerprint density at radius 3 is 2.56 bits per heavy atom. The first-order valence-electron chi connectivity index (χ1n) is 9.37. The molecule has 1 atom stereocenters. The lowest BCUT2D eigenvalue weighted by Crippen LogP contribution is -2.13. The number of ether oxygens (including phenoxy) is 1. The summed E-state index contributed by atoms with van der Waals surface area (Å²) in [6.07, 6.45) is 1.72. The fourth-order valence-corrected chi connectivity index (χ4v) is 3.83. The molecule has 3 heterocycles. The summed E-state index contributed by atoms with van der Waals surface area (Å²) in [4.78, 5) is 4.49. The first-order valence-corrected chi connectivity index (χ1v) is 9.37. The van der Waals surface area contributed by atoms with Crippen LogP contribution in [0.1, 0.15) is 35.1 Å². The minimum Gasteiger partial charge on any atom is -0.378 e. The number of pyridine rings is 1. The summed E-state index contributed by atoms with van der Waals surface area (Å²) in [6.45, 7) is 8.55. The lowest BCUT2D eigenvalue weighted by atomic mass is 10.0. The number of halogens is 1. The van der Waals surface area contributed by atoms with E-state index in [2.05, 4.69) is 24.0 Å². The van der Waals surface area contributed by atoms with Crippen LogP contribution in [0, 0.1) is 26.6 Å². The van der Waals surface area contributed by atoms with Crippen molar-refractivity contribution in [1.82, 2.24) is 14.8 Å². The molecular formula is C22H24FN3O. The van der Waals surface area contributed by atoms with Gasteiger partial charge in [0.05, 0.1) is 29.8 Å². The molecule has 27 heavy (non-hydrogen) atoms. The van der Waals surface area contributed by atoms with Crippen molar-refractivity contribution >= 4 is 0 Å². The van der Waals surface area contributed by atoms with Gasteiger partial charge in [0.2, 0.25) is 0 Å². The van der Waals surface area contributed by atoms with E-state index in [0.717, 1.165) is 46.9 Å². The number of aryl methyl sites for hydroxylation is 3. The Kier molecular flexibility index (Phi) is 4.56. The summed E-state index contributed by atoms with van der Waals surface area (Å²) in [6, 6.07) is 9.30. The van der Waals surface area contributed by atoms with Gasteiger partial charge in [-0.3, -0.25) is 4.98 Å². The molecule has 4 rings (SSSR count). The van der Waals surface area contributed by atoms with E-state index in [1.165, 1.54) is 11.6 Å². The molecule has 5 heteroatoms. The highest BCUT2D eigenvalue weighted by atomic mass is 19.1. The monoisotopic (exact) mass is 365 g/mol. The van der Waals surface area contributed by atoms with Crippen molar-refractivity contribution in [2.24, 2.45) is 0 Å². The Bertz CT molecular complexity index is 989. The van der Waals surface area contributed by atoms with Crippen LogP contribution in [0.25, 0.3) is 16.9 Å². The second-order valence-corrected chi connectivity index (χ2v) is 7.39. The van der Waals surface area contributed by atoms with Crippen molar-refractivity contribution in [3.63, 3.8) is 0 Å². The van der Waals surface area contributed by atoms with Crippen molar-refractivity contribution in [2.75, 3.05) is 6.61 Å². The molecule has 4 nitrogen and oxygen atoms in total. The third-order valence-corrected chi connectivity index (χ3v) is 5.07. The second kappa shape index (κ2) is 6.89. The second-order valence-electron chi connectivity index (χ2n) is 7.39. The van der Waals surface area contributed by atoms with Gasteiger partial charge >= 0.3 is 0 Å².